The summed E-state index contributed by atoms with van der Waals surface area (Å²) in [6.45, 7) is 8.26. The SMILES string of the molecule is CCNC(=NCc1cccs1)NC1CCN(Cc2ccccc2)C(C)C1. The van der Waals surface area contributed by atoms with Crippen LogP contribution >= 0.6 is 11.3 Å². The van der Waals surface area contributed by atoms with E-state index in [1.54, 1.807) is 11.3 Å². The second kappa shape index (κ2) is 9.74. The van der Waals surface area contributed by atoms with Crippen molar-refractivity contribution in [2.24, 2.45) is 4.99 Å². The number of benzene rings is 1. The minimum atomic E-state index is 0.484. The van der Waals surface area contributed by atoms with Gasteiger partial charge in [0.2, 0.25) is 0 Å². The summed E-state index contributed by atoms with van der Waals surface area (Å²) >= 11 is 1.76. The van der Waals surface area contributed by atoms with E-state index >= 15 is 0 Å². The van der Waals surface area contributed by atoms with Crippen molar-refractivity contribution in [1.82, 2.24) is 15.5 Å². The number of guanidine groups is 1. The van der Waals surface area contributed by atoms with E-state index in [1.807, 2.05) is 0 Å². The van der Waals surface area contributed by atoms with Crippen LogP contribution in [-0.4, -0.2) is 36.0 Å². The Labute approximate surface area is 161 Å². The van der Waals surface area contributed by atoms with Crippen LogP contribution < -0.4 is 10.6 Å². The molecular formula is C21H30N4S. The number of hydrogen-bond donors (Lipinski definition) is 2. The second-order valence-corrected chi connectivity index (χ2v) is 7.98. The molecule has 3 rings (SSSR count). The summed E-state index contributed by atoms with van der Waals surface area (Å²) in [7, 11) is 0. The molecule has 5 heteroatoms. The van der Waals surface area contributed by atoms with E-state index in [1.165, 1.54) is 10.4 Å². The highest BCUT2D eigenvalue weighted by atomic mass is 32.1. The molecule has 2 heterocycles. The molecule has 140 valence electrons. The summed E-state index contributed by atoms with van der Waals surface area (Å²) < 4.78 is 0. The molecule has 1 saturated heterocycles. The van der Waals surface area contributed by atoms with E-state index in [2.05, 4.69) is 77.2 Å². The third-order valence-electron chi connectivity index (χ3n) is 4.90. The predicted molar refractivity (Wildman–Crippen MR) is 112 cm³/mol. The number of likely N-dealkylation sites (tertiary alicyclic amines) is 1. The number of piperidine rings is 1. The highest BCUT2D eigenvalue weighted by Crippen LogP contribution is 2.20. The van der Waals surface area contributed by atoms with Crippen LogP contribution in [0.2, 0.25) is 0 Å². The summed E-state index contributed by atoms with van der Waals surface area (Å²) in [5.41, 5.74) is 1.40. The number of nitrogens with zero attached hydrogens (tertiary/aromatic N) is 2. The first-order valence-electron chi connectivity index (χ1n) is 9.59. The molecule has 0 aliphatic carbocycles. The Bertz CT molecular complexity index is 669. The van der Waals surface area contributed by atoms with E-state index in [4.69, 9.17) is 4.99 Å². The Morgan fingerprint density at radius 1 is 1.23 bits per heavy atom. The second-order valence-electron chi connectivity index (χ2n) is 6.95. The molecule has 0 saturated carbocycles. The maximum absolute atomic E-state index is 4.75. The molecule has 1 aliphatic rings. The molecule has 2 atom stereocenters. The van der Waals surface area contributed by atoms with E-state index in [9.17, 15) is 0 Å². The summed E-state index contributed by atoms with van der Waals surface area (Å²) in [6.07, 6.45) is 2.30. The largest absolute Gasteiger partial charge is 0.357 e. The van der Waals surface area contributed by atoms with Crippen molar-refractivity contribution in [1.29, 1.82) is 0 Å². The third kappa shape index (κ3) is 5.58. The van der Waals surface area contributed by atoms with E-state index < -0.39 is 0 Å². The lowest BCUT2D eigenvalue weighted by atomic mass is 9.97. The Morgan fingerprint density at radius 2 is 2.08 bits per heavy atom. The zero-order valence-corrected chi connectivity index (χ0v) is 16.6. The standard InChI is InChI=1S/C21H30N4S/c1-3-22-21(23-15-20-10-7-13-26-20)24-19-11-12-25(17(2)14-19)16-18-8-5-4-6-9-18/h4-10,13,17,19H,3,11-12,14-16H2,1-2H3,(H2,22,23,24). The van der Waals surface area contributed by atoms with Crippen molar-refractivity contribution in [3.8, 4) is 0 Å². The van der Waals surface area contributed by atoms with Gasteiger partial charge in [-0.25, -0.2) is 4.99 Å². The molecular weight excluding hydrogens is 340 g/mol. The summed E-state index contributed by atoms with van der Waals surface area (Å²) in [4.78, 5) is 8.64. The van der Waals surface area contributed by atoms with Gasteiger partial charge < -0.3 is 10.6 Å². The molecule has 1 fully saturated rings. The highest BCUT2D eigenvalue weighted by Gasteiger charge is 2.25. The van der Waals surface area contributed by atoms with E-state index in [-0.39, 0.29) is 0 Å². The molecule has 1 aromatic carbocycles. The first-order chi connectivity index (χ1) is 12.7. The van der Waals surface area contributed by atoms with Crippen LogP contribution in [0.25, 0.3) is 0 Å². The molecule has 0 spiro atoms. The lowest BCUT2D eigenvalue weighted by molar-refractivity contribution is 0.134. The van der Waals surface area contributed by atoms with Crippen LogP contribution in [0.5, 0.6) is 0 Å². The van der Waals surface area contributed by atoms with Crippen molar-refractivity contribution in [2.45, 2.75) is 51.9 Å². The van der Waals surface area contributed by atoms with Crippen molar-refractivity contribution in [3.63, 3.8) is 0 Å². The Morgan fingerprint density at radius 3 is 2.77 bits per heavy atom. The Hall–Kier alpha value is -1.85. The zero-order chi connectivity index (χ0) is 18.2. The first-order valence-corrected chi connectivity index (χ1v) is 10.5. The molecule has 0 amide bonds. The first kappa shape index (κ1) is 18.9. The van der Waals surface area contributed by atoms with Gasteiger partial charge >= 0.3 is 0 Å². The molecule has 1 aliphatic heterocycles. The molecule has 2 aromatic rings. The number of aliphatic imine (C=N–C) groups is 1. The minimum Gasteiger partial charge on any atom is -0.357 e. The van der Waals surface area contributed by atoms with Gasteiger partial charge in [0.25, 0.3) is 0 Å². The van der Waals surface area contributed by atoms with Crippen molar-refractivity contribution in [3.05, 3.63) is 58.3 Å². The van der Waals surface area contributed by atoms with Crippen LogP contribution in [-0.2, 0) is 13.1 Å². The quantitative estimate of drug-likeness (QED) is 0.599. The highest BCUT2D eigenvalue weighted by molar-refractivity contribution is 7.09. The monoisotopic (exact) mass is 370 g/mol. The summed E-state index contributed by atoms with van der Waals surface area (Å²) in [6, 6.07) is 16.1. The molecule has 1 aromatic heterocycles. The molecule has 2 N–H and O–H groups in total. The number of thiophene rings is 1. The van der Waals surface area contributed by atoms with Gasteiger partial charge in [-0.3, -0.25) is 4.90 Å². The third-order valence-corrected chi connectivity index (χ3v) is 5.76. The fourth-order valence-electron chi connectivity index (χ4n) is 3.48. The molecule has 0 bridgehead atoms. The number of rotatable bonds is 6. The normalized spacial score (nSPS) is 21.5. The van der Waals surface area contributed by atoms with Gasteiger partial charge in [0.1, 0.15) is 0 Å². The van der Waals surface area contributed by atoms with Gasteiger partial charge in [-0.2, -0.15) is 0 Å². The van der Waals surface area contributed by atoms with E-state index in [0.29, 0.717) is 12.1 Å². The van der Waals surface area contributed by atoms with Gasteiger partial charge in [-0.15, -0.1) is 11.3 Å². The Kier molecular flexibility index (Phi) is 7.09. The van der Waals surface area contributed by atoms with Crippen LogP contribution in [0.15, 0.2) is 52.8 Å². The maximum atomic E-state index is 4.75. The van der Waals surface area contributed by atoms with Crippen molar-refractivity contribution < 1.29 is 0 Å². The molecule has 26 heavy (non-hydrogen) atoms. The lowest BCUT2D eigenvalue weighted by Gasteiger charge is -2.38. The fraction of sp³-hybridized carbons (Fsp3) is 0.476. The molecule has 4 nitrogen and oxygen atoms in total. The van der Waals surface area contributed by atoms with Gasteiger partial charge in [0.05, 0.1) is 6.54 Å². The number of hydrogen-bond acceptors (Lipinski definition) is 3. The van der Waals surface area contributed by atoms with Gasteiger partial charge in [-0.05, 0) is 43.7 Å². The van der Waals surface area contributed by atoms with Crippen LogP contribution in [0.3, 0.4) is 0 Å². The molecule has 0 radical (unpaired) electrons. The van der Waals surface area contributed by atoms with Crippen LogP contribution in [0, 0.1) is 0 Å². The van der Waals surface area contributed by atoms with Gasteiger partial charge in [0, 0.05) is 36.6 Å². The fourth-order valence-corrected chi connectivity index (χ4v) is 4.11. The Balaban J connectivity index is 1.52. The van der Waals surface area contributed by atoms with Crippen LogP contribution in [0.4, 0.5) is 0 Å². The summed E-state index contributed by atoms with van der Waals surface area (Å²) in [5.74, 6) is 0.939. The number of nitrogens with one attached hydrogen (secondary N) is 2. The average Bonchev–Trinajstić information content (AvgIpc) is 3.17. The van der Waals surface area contributed by atoms with Gasteiger partial charge in [0.15, 0.2) is 5.96 Å². The minimum absolute atomic E-state index is 0.484. The average molecular weight is 371 g/mol. The zero-order valence-electron chi connectivity index (χ0n) is 15.8. The van der Waals surface area contributed by atoms with E-state index in [0.717, 1.165) is 45.0 Å². The maximum Gasteiger partial charge on any atom is 0.191 e. The molecule has 2 unspecified atom stereocenters. The smallest absolute Gasteiger partial charge is 0.191 e. The predicted octanol–water partition coefficient (Wildman–Crippen LogP) is 3.86. The van der Waals surface area contributed by atoms with Crippen LogP contribution in [0.1, 0.15) is 37.1 Å². The topological polar surface area (TPSA) is 39.7 Å². The van der Waals surface area contributed by atoms with Gasteiger partial charge in [-0.1, -0.05) is 36.4 Å². The lowest BCUT2D eigenvalue weighted by Crippen LogP contribution is -2.51. The van der Waals surface area contributed by atoms with Crippen molar-refractivity contribution in [2.75, 3.05) is 13.1 Å². The summed E-state index contributed by atoms with van der Waals surface area (Å²) in [5, 5.41) is 9.15. The van der Waals surface area contributed by atoms with Crippen molar-refractivity contribution >= 4 is 17.3 Å².